The molecule has 7 nitrogen and oxygen atoms in total. The second-order valence-corrected chi connectivity index (χ2v) is 8.31. The molecule has 0 unspecified atom stereocenters. The molecule has 0 spiro atoms. The summed E-state index contributed by atoms with van der Waals surface area (Å²) in [6.07, 6.45) is 0. The van der Waals surface area contributed by atoms with Gasteiger partial charge < -0.3 is 4.90 Å². The molecule has 31 heavy (non-hydrogen) atoms. The van der Waals surface area contributed by atoms with Gasteiger partial charge in [0.1, 0.15) is 0 Å². The average Bonchev–Trinajstić information content (AvgIpc) is 3.19. The predicted molar refractivity (Wildman–Crippen MR) is 124 cm³/mol. The maximum atomic E-state index is 13.5. The summed E-state index contributed by atoms with van der Waals surface area (Å²) in [5.41, 5.74) is 3.37. The van der Waals surface area contributed by atoms with Gasteiger partial charge in [0.2, 0.25) is 11.7 Å². The molecule has 0 radical (unpaired) electrons. The van der Waals surface area contributed by atoms with Gasteiger partial charge in [-0.2, -0.15) is 0 Å². The zero-order valence-corrected chi connectivity index (χ0v) is 18.9. The van der Waals surface area contributed by atoms with Crippen LogP contribution >= 0.6 is 11.8 Å². The molecule has 8 heteroatoms. The van der Waals surface area contributed by atoms with Crippen LogP contribution in [0, 0.1) is 13.8 Å². The monoisotopic (exact) mass is 435 g/mol. The van der Waals surface area contributed by atoms with Gasteiger partial charge in [-0.1, -0.05) is 42.1 Å². The van der Waals surface area contributed by atoms with Crippen LogP contribution in [0.5, 0.6) is 0 Å². The molecule has 0 aliphatic rings. The number of para-hydroxylation sites is 2. The summed E-state index contributed by atoms with van der Waals surface area (Å²) in [7, 11) is 0. The van der Waals surface area contributed by atoms with Crippen molar-refractivity contribution in [3.05, 3.63) is 63.9 Å². The fraction of sp³-hybridized carbons (Fsp3) is 0.304. The quantitative estimate of drug-likeness (QED) is 0.433. The summed E-state index contributed by atoms with van der Waals surface area (Å²) in [4.78, 5) is 27.8. The minimum atomic E-state index is -0.135. The molecule has 0 saturated heterocycles. The van der Waals surface area contributed by atoms with Crippen molar-refractivity contribution in [3.8, 4) is 5.69 Å². The summed E-state index contributed by atoms with van der Waals surface area (Å²) < 4.78 is 3.51. The van der Waals surface area contributed by atoms with E-state index in [4.69, 9.17) is 0 Å². The summed E-state index contributed by atoms with van der Waals surface area (Å²) in [6.45, 7) is 9.24. The summed E-state index contributed by atoms with van der Waals surface area (Å²) in [5.74, 6) is 0.761. The Morgan fingerprint density at radius 3 is 2.35 bits per heavy atom. The van der Waals surface area contributed by atoms with Gasteiger partial charge in [-0.05, 0) is 51.0 Å². The van der Waals surface area contributed by atoms with Crippen molar-refractivity contribution in [2.45, 2.75) is 32.9 Å². The third-order valence-electron chi connectivity index (χ3n) is 5.50. The predicted octanol–water partition coefficient (Wildman–Crippen LogP) is 3.61. The molecule has 1 amide bonds. The van der Waals surface area contributed by atoms with Gasteiger partial charge >= 0.3 is 0 Å². The van der Waals surface area contributed by atoms with E-state index in [0.717, 1.165) is 22.3 Å². The lowest BCUT2D eigenvalue weighted by Gasteiger charge is -2.18. The van der Waals surface area contributed by atoms with Crippen LogP contribution in [-0.2, 0) is 4.79 Å². The molecule has 0 fully saturated rings. The van der Waals surface area contributed by atoms with E-state index in [1.807, 2.05) is 74.6 Å². The van der Waals surface area contributed by atoms with Gasteiger partial charge in [0.15, 0.2) is 5.16 Å². The highest BCUT2D eigenvalue weighted by molar-refractivity contribution is 7.99. The van der Waals surface area contributed by atoms with Crippen LogP contribution in [-0.4, -0.2) is 48.8 Å². The van der Waals surface area contributed by atoms with E-state index < -0.39 is 0 Å². The van der Waals surface area contributed by atoms with Crippen LogP contribution in [0.15, 0.2) is 52.4 Å². The Morgan fingerprint density at radius 1 is 1.00 bits per heavy atom. The molecule has 2 heterocycles. The molecular weight excluding hydrogens is 410 g/mol. The van der Waals surface area contributed by atoms with E-state index in [2.05, 4.69) is 10.2 Å². The van der Waals surface area contributed by atoms with Gasteiger partial charge in [0, 0.05) is 13.1 Å². The maximum Gasteiger partial charge on any atom is 0.267 e. The summed E-state index contributed by atoms with van der Waals surface area (Å²) in [6, 6.07) is 13.4. The lowest BCUT2D eigenvalue weighted by molar-refractivity contribution is -0.127. The highest BCUT2D eigenvalue weighted by Gasteiger charge is 2.21. The zero-order chi connectivity index (χ0) is 22.1. The summed E-state index contributed by atoms with van der Waals surface area (Å²) >= 11 is 1.34. The SMILES string of the molecule is CCN(CC)C(=O)CSc1nnc2n(-c3c(C)cccc3C)c(=O)c3ccccc3n12. The van der Waals surface area contributed by atoms with Crippen LogP contribution in [0.4, 0.5) is 0 Å². The average molecular weight is 436 g/mol. The Kier molecular flexibility index (Phi) is 5.82. The third-order valence-corrected chi connectivity index (χ3v) is 6.41. The number of carbonyl (C=O) groups is 1. The van der Waals surface area contributed by atoms with E-state index in [1.165, 1.54) is 11.8 Å². The van der Waals surface area contributed by atoms with E-state index in [9.17, 15) is 9.59 Å². The topological polar surface area (TPSA) is 72.5 Å². The van der Waals surface area contributed by atoms with Crippen molar-refractivity contribution in [3.63, 3.8) is 0 Å². The number of amides is 1. The number of hydrogen-bond acceptors (Lipinski definition) is 5. The molecular formula is C23H25N5O2S. The fourth-order valence-corrected chi connectivity index (χ4v) is 4.77. The van der Waals surface area contributed by atoms with Gasteiger partial charge in [-0.25, -0.2) is 4.57 Å². The van der Waals surface area contributed by atoms with Crippen LogP contribution in [0.1, 0.15) is 25.0 Å². The molecule has 2 aromatic carbocycles. The number of rotatable bonds is 6. The van der Waals surface area contributed by atoms with Crippen LogP contribution in [0.2, 0.25) is 0 Å². The molecule has 2 aromatic heterocycles. The van der Waals surface area contributed by atoms with E-state index in [0.29, 0.717) is 29.4 Å². The van der Waals surface area contributed by atoms with E-state index in [1.54, 1.807) is 9.47 Å². The Labute approximate surface area is 184 Å². The first-order chi connectivity index (χ1) is 15.0. The highest BCUT2D eigenvalue weighted by Crippen LogP contribution is 2.25. The number of carbonyl (C=O) groups excluding carboxylic acids is 1. The number of fused-ring (bicyclic) bond motifs is 3. The molecule has 0 bridgehead atoms. The number of hydrogen-bond donors (Lipinski definition) is 0. The number of aryl methyl sites for hydroxylation is 2. The number of thioether (sulfide) groups is 1. The highest BCUT2D eigenvalue weighted by atomic mass is 32.2. The maximum absolute atomic E-state index is 13.5. The first-order valence-electron chi connectivity index (χ1n) is 10.3. The third kappa shape index (κ3) is 3.61. The number of aromatic nitrogens is 4. The molecule has 4 aromatic rings. The Balaban J connectivity index is 1.94. The normalized spacial score (nSPS) is 11.4. The first-order valence-corrected chi connectivity index (χ1v) is 11.3. The standard InChI is InChI=1S/C23H25N5O2S/c1-5-26(6-2)19(29)14-31-23-25-24-22-27(23)18-13-8-7-12-17(18)21(30)28(22)20-15(3)10-9-11-16(20)4/h7-13H,5-6,14H2,1-4H3. The van der Waals surface area contributed by atoms with E-state index in [-0.39, 0.29) is 17.2 Å². The number of nitrogens with zero attached hydrogens (tertiary/aromatic N) is 5. The molecule has 160 valence electrons. The molecule has 0 N–H and O–H groups in total. The van der Waals surface area contributed by atoms with Crippen molar-refractivity contribution >= 4 is 34.3 Å². The zero-order valence-electron chi connectivity index (χ0n) is 18.1. The Bertz CT molecular complexity index is 1320. The number of benzene rings is 2. The Morgan fingerprint density at radius 2 is 1.68 bits per heavy atom. The largest absolute Gasteiger partial charge is 0.343 e. The second-order valence-electron chi connectivity index (χ2n) is 7.37. The van der Waals surface area contributed by atoms with Crippen LogP contribution < -0.4 is 5.56 Å². The van der Waals surface area contributed by atoms with Gasteiger partial charge in [-0.15, -0.1) is 10.2 Å². The molecule has 4 rings (SSSR count). The molecule has 0 aliphatic heterocycles. The van der Waals surface area contributed by atoms with Gasteiger partial charge in [-0.3, -0.25) is 14.0 Å². The van der Waals surface area contributed by atoms with Crippen molar-refractivity contribution in [2.24, 2.45) is 0 Å². The van der Waals surface area contributed by atoms with Crippen molar-refractivity contribution in [1.82, 2.24) is 24.1 Å². The van der Waals surface area contributed by atoms with Crippen molar-refractivity contribution in [1.29, 1.82) is 0 Å². The minimum absolute atomic E-state index is 0.0547. The summed E-state index contributed by atoms with van der Waals surface area (Å²) in [5, 5.41) is 9.91. The van der Waals surface area contributed by atoms with Gasteiger partial charge in [0.05, 0.1) is 22.3 Å². The van der Waals surface area contributed by atoms with Crippen molar-refractivity contribution < 1.29 is 4.79 Å². The fourth-order valence-electron chi connectivity index (χ4n) is 3.93. The van der Waals surface area contributed by atoms with Gasteiger partial charge in [0.25, 0.3) is 5.56 Å². The molecule has 0 atom stereocenters. The lowest BCUT2D eigenvalue weighted by Crippen LogP contribution is -2.31. The molecule has 0 saturated carbocycles. The van der Waals surface area contributed by atoms with E-state index >= 15 is 0 Å². The van der Waals surface area contributed by atoms with Crippen LogP contribution in [0.3, 0.4) is 0 Å². The van der Waals surface area contributed by atoms with Crippen molar-refractivity contribution in [2.75, 3.05) is 18.8 Å². The first kappa shape index (κ1) is 21.1. The minimum Gasteiger partial charge on any atom is -0.343 e. The molecule has 0 aliphatic carbocycles. The lowest BCUT2D eigenvalue weighted by atomic mass is 10.1. The smallest absolute Gasteiger partial charge is 0.267 e. The second kappa shape index (κ2) is 8.55. The van der Waals surface area contributed by atoms with Crippen LogP contribution in [0.25, 0.3) is 22.4 Å². The Hall–Kier alpha value is -3.13.